The maximum absolute atomic E-state index is 11.7. The molecule has 0 aromatic heterocycles. The predicted octanol–water partition coefficient (Wildman–Crippen LogP) is 1.67. The smallest absolute Gasteiger partial charge is 0.260 e. The van der Waals surface area contributed by atoms with Gasteiger partial charge >= 0.3 is 0 Å². The molecular weight excluding hydrogens is 214 g/mol. The highest BCUT2D eigenvalue weighted by Gasteiger charge is 2.17. The van der Waals surface area contributed by atoms with Crippen LogP contribution in [-0.4, -0.2) is 30.5 Å². The van der Waals surface area contributed by atoms with Crippen LogP contribution in [0.4, 0.5) is 0 Å². The lowest BCUT2D eigenvalue weighted by Gasteiger charge is -2.15. The molecule has 0 aliphatic carbocycles. The number of carbonyl (C=O) groups is 1. The molecule has 0 unspecified atom stereocenters. The number of nitrogens with zero attached hydrogens (tertiary/aromatic N) is 1. The Kier molecular flexibility index (Phi) is 3.66. The van der Waals surface area contributed by atoms with E-state index in [1.807, 2.05) is 17.0 Å². The van der Waals surface area contributed by atoms with Crippen LogP contribution in [0.15, 0.2) is 24.3 Å². The number of terminal acetylenes is 1. The lowest BCUT2D eigenvalue weighted by molar-refractivity contribution is -0.132. The average Bonchev–Trinajstić information content (AvgIpc) is 2.90. The normalized spacial score (nSPS) is 14.4. The molecule has 1 aliphatic rings. The molecule has 1 fully saturated rings. The van der Waals surface area contributed by atoms with Gasteiger partial charge in [-0.3, -0.25) is 4.79 Å². The van der Waals surface area contributed by atoms with Crippen LogP contribution in [0.25, 0.3) is 0 Å². The molecular formula is C14H15NO2. The van der Waals surface area contributed by atoms with Crippen LogP contribution >= 0.6 is 0 Å². The third-order valence-corrected chi connectivity index (χ3v) is 2.82. The fourth-order valence-corrected chi connectivity index (χ4v) is 1.88. The Labute approximate surface area is 101 Å². The Balaban J connectivity index is 1.88. The summed E-state index contributed by atoms with van der Waals surface area (Å²) in [5.74, 6) is 3.23. The summed E-state index contributed by atoms with van der Waals surface area (Å²) >= 11 is 0. The third kappa shape index (κ3) is 3.01. The molecule has 1 aliphatic heterocycles. The van der Waals surface area contributed by atoms with Gasteiger partial charge in [-0.25, -0.2) is 0 Å². The molecule has 0 N–H and O–H groups in total. The van der Waals surface area contributed by atoms with Crippen molar-refractivity contribution in [1.29, 1.82) is 0 Å². The molecule has 0 radical (unpaired) electrons. The number of rotatable bonds is 3. The molecule has 2 rings (SSSR count). The molecule has 1 amide bonds. The van der Waals surface area contributed by atoms with Crippen LogP contribution in [0.5, 0.6) is 5.75 Å². The van der Waals surface area contributed by atoms with Gasteiger partial charge in [0.1, 0.15) is 5.75 Å². The standard InChI is InChI=1S/C14H15NO2/c1-2-12-6-5-7-13(10-12)17-11-14(16)15-8-3-4-9-15/h1,5-7,10H,3-4,8-9,11H2. The van der Waals surface area contributed by atoms with E-state index < -0.39 is 0 Å². The first-order chi connectivity index (χ1) is 8.29. The Morgan fingerprint density at radius 1 is 1.41 bits per heavy atom. The lowest BCUT2D eigenvalue weighted by atomic mass is 10.2. The SMILES string of the molecule is C#Cc1cccc(OCC(=O)N2CCCC2)c1. The minimum atomic E-state index is 0.0496. The summed E-state index contributed by atoms with van der Waals surface area (Å²) < 4.78 is 5.44. The van der Waals surface area contributed by atoms with Gasteiger partial charge in [0.15, 0.2) is 6.61 Å². The third-order valence-electron chi connectivity index (χ3n) is 2.82. The second-order valence-corrected chi connectivity index (χ2v) is 4.05. The van der Waals surface area contributed by atoms with Crippen molar-refractivity contribution in [2.24, 2.45) is 0 Å². The second kappa shape index (κ2) is 5.40. The molecule has 0 saturated carbocycles. The highest BCUT2D eigenvalue weighted by Crippen LogP contribution is 2.13. The molecule has 3 nitrogen and oxygen atoms in total. The molecule has 1 saturated heterocycles. The second-order valence-electron chi connectivity index (χ2n) is 4.05. The van der Waals surface area contributed by atoms with Crippen molar-refractivity contribution in [2.45, 2.75) is 12.8 Å². The summed E-state index contributed by atoms with van der Waals surface area (Å²) in [5.41, 5.74) is 0.760. The van der Waals surface area contributed by atoms with Crippen LogP contribution in [0.1, 0.15) is 18.4 Å². The number of ether oxygens (including phenoxy) is 1. The zero-order chi connectivity index (χ0) is 12.1. The van der Waals surface area contributed by atoms with E-state index in [0.29, 0.717) is 5.75 Å². The van der Waals surface area contributed by atoms with Crippen molar-refractivity contribution in [2.75, 3.05) is 19.7 Å². The monoisotopic (exact) mass is 229 g/mol. The largest absolute Gasteiger partial charge is 0.484 e. The van der Waals surface area contributed by atoms with Crippen LogP contribution in [0.3, 0.4) is 0 Å². The zero-order valence-corrected chi connectivity index (χ0v) is 9.69. The summed E-state index contributed by atoms with van der Waals surface area (Å²) in [6.07, 6.45) is 7.48. The summed E-state index contributed by atoms with van der Waals surface area (Å²) in [6, 6.07) is 7.22. The maximum atomic E-state index is 11.7. The summed E-state index contributed by atoms with van der Waals surface area (Å²) in [5, 5.41) is 0. The van der Waals surface area contributed by atoms with Gasteiger partial charge in [0, 0.05) is 18.7 Å². The van der Waals surface area contributed by atoms with E-state index in [1.54, 1.807) is 12.1 Å². The van der Waals surface area contributed by atoms with Crippen LogP contribution < -0.4 is 4.74 Å². The van der Waals surface area contributed by atoms with Crippen LogP contribution in [0, 0.1) is 12.3 Å². The Bertz CT molecular complexity index is 442. The van der Waals surface area contributed by atoms with E-state index in [9.17, 15) is 4.79 Å². The number of benzene rings is 1. The Hall–Kier alpha value is -1.95. The molecule has 88 valence electrons. The maximum Gasteiger partial charge on any atom is 0.260 e. The van der Waals surface area contributed by atoms with Crippen LogP contribution in [-0.2, 0) is 4.79 Å². The predicted molar refractivity (Wildman–Crippen MR) is 65.7 cm³/mol. The molecule has 0 spiro atoms. The van der Waals surface area contributed by atoms with Crippen molar-refractivity contribution in [1.82, 2.24) is 4.90 Å². The van der Waals surface area contributed by atoms with Gasteiger partial charge in [0.05, 0.1) is 0 Å². The highest BCUT2D eigenvalue weighted by atomic mass is 16.5. The average molecular weight is 229 g/mol. The van der Waals surface area contributed by atoms with E-state index in [-0.39, 0.29) is 12.5 Å². The van der Waals surface area contributed by atoms with Crippen molar-refractivity contribution >= 4 is 5.91 Å². The van der Waals surface area contributed by atoms with Gasteiger partial charge in [-0.05, 0) is 31.0 Å². The number of amides is 1. The van der Waals surface area contributed by atoms with E-state index >= 15 is 0 Å². The van der Waals surface area contributed by atoms with Gasteiger partial charge in [0.2, 0.25) is 0 Å². The van der Waals surface area contributed by atoms with Crippen molar-refractivity contribution < 1.29 is 9.53 Å². The molecule has 1 aromatic rings. The number of likely N-dealkylation sites (tertiary alicyclic amines) is 1. The zero-order valence-electron chi connectivity index (χ0n) is 9.69. The molecule has 0 atom stereocenters. The van der Waals surface area contributed by atoms with E-state index in [4.69, 9.17) is 11.2 Å². The molecule has 3 heteroatoms. The minimum Gasteiger partial charge on any atom is -0.484 e. The lowest BCUT2D eigenvalue weighted by Crippen LogP contribution is -2.32. The Morgan fingerprint density at radius 2 is 2.18 bits per heavy atom. The summed E-state index contributed by atoms with van der Waals surface area (Å²) in [4.78, 5) is 13.6. The first-order valence-electron chi connectivity index (χ1n) is 5.77. The number of hydrogen-bond donors (Lipinski definition) is 0. The first-order valence-corrected chi connectivity index (χ1v) is 5.77. The van der Waals surface area contributed by atoms with Gasteiger partial charge < -0.3 is 9.64 Å². The first kappa shape index (κ1) is 11.5. The van der Waals surface area contributed by atoms with Crippen molar-refractivity contribution in [3.8, 4) is 18.1 Å². The fourth-order valence-electron chi connectivity index (χ4n) is 1.88. The van der Waals surface area contributed by atoms with Crippen molar-refractivity contribution in [3.63, 3.8) is 0 Å². The topological polar surface area (TPSA) is 29.5 Å². The minimum absolute atomic E-state index is 0.0496. The quantitative estimate of drug-likeness (QED) is 0.738. The van der Waals surface area contributed by atoms with Crippen molar-refractivity contribution in [3.05, 3.63) is 29.8 Å². The summed E-state index contributed by atoms with van der Waals surface area (Å²) in [7, 11) is 0. The van der Waals surface area contributed by atoms with E-state index in [2.05, 4.69) is 5.92 Å². The van der Waals surface area contributed by atoms with Gasteiger partial charge in [-0.1, -0.05) is 12.0 Å². The molecule has 17 heavy (non-hydrogen) atoms. The van der Waals surface area contributed by atoms with Crippen LogP contribution in [0.2, 0.25) is 0 Å². The highest BCUT2D eigenvalue weighted by molar-refractivity contribution is 5.78. The van der Waals surface area contributed by atoms with E-state index in [0.717, 1.165) is 31.5 Å². The molecule has 1 aromatic carbocycles. The number of hydrogen-bond acceptors (Lipinski definition) is 2. The summed E-state index contributed by atoms with van der Waals surface area (Å²) in [6.45, 7) is 1.80. The fraction of sp³-hybridized carbons (Fsp3) is 0.357. The van der Waals surface area contributed by atoms with Gasteiger partial charge in [-0.15, -0.1) is 6.42 Å². The molecule has 1 heterocycles. The molecule has 0 bridgehead atoms. The Morgan fingerprint density at radius 3 is 2.88 bits per heavy atom. The van der Waals surface area contributed by atoms with Gasteiger partial charge in [-0.2, -0.15) is 0 Å². The number of carbonyl (C=O) groups excluding carboxylic acids is 1. The van der Waals surface area contributed by atoms with E-state index in [1.165, 1.54) is 0 Å². The van der Waals surface area contributed by atoms with Gasteiger partial charge in [0.25, 0.3) is 5.91 Å².